The first-order valence-corrected chi connectivity index (χ1v) is 7.97. The van der Waals surface area contributed by atoms with Gasteiger partial charge in [0.15, 0.2) is 0 Å². The summed E-state index contributed by atoms with van der Waals surface area (Å²) in [6, 6.07) is 3.99. The predicted octanol–water partition coefficient (Wildman–Crippen LogP) is 3.57. The number of carboxylic acid groups (broad SMARTS) is 1. The molecule has 4 heteroatoms. The summed E-state index contributed by atoms with van der Waals surface area (Å²) >= 11 is 0. The average molecular weight is 292 g/mol. The topological polar surface area (TPSA) is 53.4 Å². The lowest BCUT2D eigenvalue weighted by atomic mass is 10.1. The van der Waals surface area contributed by atoms with Gasteiger partial charge >= 0.3 is 5.97 Å². The molecule has 1 unspecified atom stereocenters. The van der Waals surface area contributed by atoms with E-state index in [9.17, 15) is 4.79 Å². The summed E-state index contributed by atoms with van der Waals surface area (Å²) in [5.74, 6) is -1.05. The van der Waals surface area contributed by atoms with Gasteiger partial charge in [-0.3, -0.25) is 14.7 Å². The summed E-state index contributed by atoms with van der Waals surface area (Å²) in [6.45, 7) is 6.35. The molecule has 118 valence electrons. The number of rotatable bonds is 11. The Morgan fingerprint density at radius 2 is 1.90 bits per heavy atom. The molecule has 0 aliphatic rings. The molecule has 0 radical (unpaired) electrons. The number of unbranched alkanes of at least 4 members (excludes halogenated alkanes) is 4. The number of pyridine rings is 1. The first kappa shape index (κ1) is 17.6. The van der Waals surface area contributed by atoms with Gasteiger partial charge < -0.3 is 5.11 Å². The maximum atomic E-state index is 11.1. The molecule has 21 heavy (non-hydrogen) atoms. The second-order valence-corrected chi connectivity index (χ2v) is 5.74. The van der Waals surface area contributed by atoms with Crippen LogP contribution in [-0.4, -0.2) is 34.0 Å². The molecule has 0 aliphatic heterocycles. The zero-order valence-corrected chi connectivity index (χ0v) is 13.3. The van der Waals surface area contributed by atoms with Crippen LogP contribution < -0.4 is 0 Å². The highest BCUT2D eigenvalue weighted by Crippen LogP contribution is 2.10. The standard InChI is InChI=1S/C17H28N2O2/c1-3-4-5-6-7-12-19(13-15(2)17(20)21)14-16-8-10-18-11-9-16/h8-11,15H,3-7,12-14H2,1-2H3,(H,20,21). The Bertz CT molecular complexity index is 395. The van der Waals surface area contributed by atoms with E-state index in [0.29, 0.717) is 6.54 Å². The number of hydrogen-bond donors (Lipinski definition) is 1. The minimum atomic E-state index is -0.722. The van der Waals surface area contributed by atoms with Crippen molar-refractivity contribution in [2.75, 3.05) is 13.1 Å². The summed E-state index contributed by atoms with van der Waals surface area (Å²) in [6.07, 6.45) is 9.74. The Balaban J connectivity index is 2.47. The van der Waals surface area contributed by atoms with Gasteiger partial charge in [-0.15, -0.1) is 0 Å². The highest BCUT2D eigenvalue weighted by Gasteiger charge is 2.16. The molecule has 1 aromatic rings. The highest BCUT2D eigenvalue weighted by atomic mass is 16.4. The number of aliphatic carboxylic acids is 1. The van der Waals surface area contributed by atoms with E-state index in [2.05, 4.69) is 16.8 Å². The van der Waals surface area contributed by atoms with Crippen molar-refractivity contribution in [3.05, 3.63) is 30.1 Å². The number of hydrogen-bond acceptors (Lipinski definition) is 3. The molecule has 1 aromatic heterocycles. The van der Waals surface area contributed by atoms with Gasteiger partial charge in [-0.25, -0.2) is 0 Å². The van der Waals surface area contributed by atoms with Gasteiger partial charge in [0.1, 0.15) is 0 Å². The van der Waals surface area contributed by atoms with Crippen molar-refractivity contribution in [3.8, 4) is 0 Å². The fourth-order valence-electron chi connectivity index (χ4n) is 2.39. The van der Waals surface area contributed by atoms with Crippen LogP contribution in [-0.2, 0) is 11.3 Å². The van der Waals surface area contributed by atoms with E-state index in [1.165, 1.54) is 31.2 Å². The molecule has 4 nitrogen and oxygen atoms in total. The second-order valence-electron chi connectivity index (χ2n) is 5.74. The van der Waals surface area contributed by atoms with Gasteiger partial charge in [0.05, 0.1) is 5.92 Å². The molecule has 0 spiro atoms. The van der Waals surface area contributed by atoms with E-state index in [0.717, 1.165) is 19.5 Å². The maximum Gasteiger partial charge on any atom is 0.307 e. The minimum absolute atomic E-state index is 0.331. The number of carboxylic acids is 1. The van der Waals surface area contributed by atoms with Gasteiger partial charge in [-0.1, -0.05) is 39.5 Å². The molecule has 0 aromatic carbocycles. The Morgan fingerprint density at radius 1 is 1.24 bits per heavy atom. The van der Waals surface area contributed by atoms with Crippen LogP contribution in [0.4, 0.5) is 0 Å². The molecule has 0 amide bonds. The molecule has 1 heterocycles. The van der Waals surface area contributed by atoms with Crippen molar-refractivity contribution in [2.24, 2.45) is 5.92 Å². The van der Waals surface area contributed by atoms with Crippen molar-refractivity contribution in [1.29, 1.82) is 0 Å². The van der Waals surface area contributed by atoms with E-state index in [1.807, 2.05) is 12.1 Å². The first-order chi connectivity index (χ1) is 10.1. The van der Waals surface area contributed by atoms with Crippen molar-refractivity contribution >= 4 is 5.97 Å². The fourth-order valence-corrected chi connectivity index (χ4v) is 2.39. The molecule has 1 N–H and O–H groups in total. The number of nitrogens with zero attached hydrogens (tertiary/aromatic N) is 2. The highest BCUT2D eigenvalue weighted by molar-refractivity contribution is 5.69. The Hall–Kier alpha value is -1.42. The summed E-state index contributed by atoms with van der Waals surface area (Å²) in [5.41, 5.74) is 1.19. The summed E-state index contributed by atoms with van der Waals surface area (Å²) in [7, 11) is 0. The molecule has 1 atom stereocenters. The van der Waals surface area contributed by atoms with Crippen molar-refractivity contribution in [2.45, 2.75) is 52.5 Å². The molecule has 0 saturated heterocycles. The van der Waals surface area contributed by atoms with Crippen LogP contribution in [0.1, 0.15) is 51.5 Å². The van der Waals surface area contributed by atoms with Gasteiger partial charge in [0, 0.05) is 25.5 Å². The first-order valence-electron chi connectivity index (χ1n) is 7.97. The molecular weight excluding hydrogens is 264 g/mol. The van der Waals surface area contributed by atoms with Gasteiger partial charge in [-0.05, 0) is 30.7 Å². The maximum absolute atomic E-state index is 11.1. The van der Waals surface area contributed by atoms with Crippen LogP contribution in [0.2, 0.25) is 0 Å². The molecular formula is C17H28N2O2. The smallest absolute Gasteiger partial charge is 0.307 e. The van der Waals surface area contributed by atoms with Crippen molar-refractivity contribution in [1.82, 2.24) is 9.88 Å². The largest absolute Gasteiger partial charge is 0.481 e. The number of aromatic nitrogens is 1. The zero-order chi connectivity index (χ0) is 15.5. The lowest BCUT2D eigenvalue weighted by molar-refractivity contribution is -0.141. The van der Waals surface area contributed by atoms with E-state index in [1.54, 1.807) is 19.3 Å². The molecule has 0 fully saturated rings. The lowest BCUT2D eigenvalue weighted by Gasteiger charge is -2.24. The lowest BCUT2D eigenvalue weighted by Crippen LogP contribution is -2.32. The van der Waals surface area contributed by atoms with Crippen LogP contribution in [0.5, 0.6) is 0 Å². The van der Waals surface area contributed by atoms with E-state index >= 15 is 0 Å². The third kappa shape index (κ3) is 7.81. The Morgan fingerprint density at radius 3 is 2.52 bits per heavy atom. The second kappa shape index (κ2) is 10.3. The molecule has 1 rings (SSSR count). The van der Waals surface area contributed by atoms with Crippen LogP contribution in [0.15, 0.2) is 24.5 Å². The van der Waals surface area contributed by atoms with Crippen LogP contribution in [0.25, 0.3) is 0 Å². The van der Waals surface area contributed by atoms with Crippen LogP contribution in [0.3, 0.4) is 0 Å². The normalized spacial score (nSPS) is 12.5. The van der Waals surface area contributed by atoms with Gasteiger partial charge in [0.25, 0.3) is 0 Å². The number of carbonyl (C=O) groups is 1. The SMILES string of the molecule is CCCCCCCN(Cc1ccncc1)CC(C)C(=O)O. The van der Waals surface area contributed by atoms with Crippen LogP contribution >= 0.6 is 0 Å². The Kier molecular flexibility index (Phi) is 8.67. The van der Waals surface area contributed by atoms with E-state index in [-0.39, 0.29) is 5.92 Å². The van der Waals surface area contributed by atoms with Crippen molar-refractivity contribution in [3.63, 3.8) is 0 Å². The summed E-state index contributed by atoms with van der Waals surface area (Å²) < 4.78 is 0. The zero-order valence-electron chi connectivity index (χ0n) is 13.3. The molecule has 0 saturated carbocycles. The van der Waals surface area contributed by atoms with Gasteiger partial charge in [0.2, 0.25) is 0 Å². The summed E-state index contributed by atoms with van der Waals surface area (Å²) in [5, 5.41) is 9.10. The van der Waals surface area contributed by atoms with Gasteiger partial charge in [-0.2, -0.15) is 0 Å². The monoisotopic (exact) mass is 292 g/mol. The third-order valence-electron chi connectivity index (χ3n) is 3.69. The van der Waals surface area contributed by atoms with E-state index in [4.69, 9.17) is 5.11 Å². The minimum Gasteiger partial charge on any atom is -0.481 e. The molecule has 0 aliphatic carbocycles. The predicted molar refractivity (Wildman–Crippen MR) is 85.1 cm³/mol. The van der Waals surface area contributed by atoms with Crippen LogP contribution in [0, 0.1) is 5.92 Å². The van der Waals surface area contributed by atoms with Crippen molar-refractivity contribution < 1.29 is 9.90 Å². The quantitative estimate of drug-likeness (QED) is 0.633. The fraction of sp³-hybridized carbons (Fsp3) is 0.647. The average Bonchev–Trinajstić information content (AvgIpc) is 2.47. The summed E-state index contributed by atoms with van der Waals surface area (Å²) in [4.78, 5) is 17.3. The molecule has 0 bridgehead atoms. The third-order valence-corrected chi connectivity index (χ3v) is 3.69. The van der Waals surface area contributed by atoms with E-state index < -0.39 is 5.97 Å². The Labute approximate surface area is 128 Å².